The fourth-order valence-corrected chi connectivity index (χ4v) is 2.38. The molecule has 2 aromatic rings. The molecule has 5 nitrogen and oxygen atoms in total. The lowest BCUT2D eigenvalue weighted by atomic mass is 9.86. The standard InChI is InChI=1S/C19H21F2NO4/c1-19(2,3)12-6-4-11(5-7-12)14-8-9-15(26-14)17(23)22-13(18(24)25)10-16(20)21/h4-9,13,16H,10H2,1-3H3,(H,22,23)(H,24,25). The van der Waals surface area contributed by atoms with Crippen LogP contribution >= 0.6 is 0 Å². The molecule has 2 N–H and O–H groups in total. The molecule has 1 atom stereocenters. The zero-order chi connectivity index (χ0) is 19.5. The summed E-state index contributed by atoms with van der Waals surface area (Å²) in [5, 5.41) is 11.0. The lowest BCUT2D eigenvalue weighted by Gasteiger charge is -2.18. The zero-order valence-corrected chi connectivity index (χ0v) is 14.8. The van der Waals surface area contributed by atoms with Gasteiger partial charge >= 0.3 is 5.97 Å². The van der Waals surface area contributed by atoms with Gasteiger partial charge in [0.2, 0.25) is 6.43 Å². The van der Waals surface area contributed by atoms with Crippen LogP contribution in [-0.4, -0.2) is 29.5 Å². The maximum atomic E-state index is 12.4. The van der Waals surface area contributed by atoms with Crippen LogP contribution in [0.25, 0.3) is 11.3 Å². The van der Waals surface area contributed by atoms with Crippen LogP contribution in [0, 0.1) is 0 Å². The monoisotopic (exact) mass is 365 g/mol. The van der Waals surface area contributed by atoms with E-state index in [0.29, 0.717) is 5.76 Å². The number of carboxylic acids is 1. The number of aliphatic carboxylic acids is 1. The van der Waals surface area contributed by atoms with Crippen molar-refractivity contribution in [2.45, 2.75) is 45.1 Å². The van der Waals surface area contributed by atoms with Gasteiger partial charge in [0.05, 0.1) is 0 Å². The normalized spacial score (nSPS) is 12.8. The van der Waals surface area contributed by atoms with Crippen LogP contribution in [0.15, 0.2) is 40.8 Å². The number of furan rings is 1. The van der Waals surface area contributed by atoms with E-state index in [2.05, 4.69) is 20.8 Å². The highest BCUT2D eigenvalue weighted by Crippen LogP contribution is 2.27. The van der Waals surface area contributed by atoms with Gasteiger partial charge in [0, 0.05) is 12.0 Å². The highest BCUT2D eigenvalue weighted by atomic mass is 19.3. The van der Waals surface area contributed by atoms with Crippen molar-refractivity contribution < 1.29 is 27.9 Å². The van der Waals surface area contributed by atoms with E-state index in [1.165, 1.54) is 6.07 Å². The average molecular weight is 365 g/mol. The molecule has 0 saturated heterocycles. The summed E-state index contributed by atoms with van der Waals surface area (Å²) in [6.07, 6.45) is -3.81. The summed E-state index contributed by atoms with van der Waals surface area (Å²) in [5.74, 6) is -2.09. The Morgan fingerprint density at radius 1 is 1.12 bits per heavy atom. The molecule has 2 rings (SSSR count). The Bertz CT molecular complexity index is 776. The summed E-state index contributed by atoms with van der Waals surface area (Å²) in [4.78, 5) is 23.0. The number of rotatable bonds is 6. The summed E-state index contributed by atoms with van der Waals surface area (Å²) in [7, 11) is 0. The smallest absolute Gasteiger partial charge is 0.326 e. The minimum atomic E-state index is -2.84. The molecule has 0 saturated carbocycles. The molecule has 0 radical (unpaired) electrons. The third-order valence-corrected chi connectivity index (χ3v) is 3.88. The van der Waals surface area contributed by atoms with E-state index < -0.39 is 30.8 Å². The lowest BCUT2D eigenvalue weighted by Crippen LogP contribution is -2.41. The molecule has 1 heterocycles. The van der Waals surface area contributed by atoms with Gasteiger partial charge in [0.15, 0.2) is 5.76 Å². The molecule has 1 unspecified atom stereocenters. The summed E-state index contributed by atoms with van der Waals surface area (Å²) < 4.78 is 30.3. The number of hydrogen-bond donors (Lipinski definition) is 2. The quantitative estimate of drug-likeness (QED) is 0.808. The van der Waals surface area contributed by atoms with E-state index in [-0.39, 0.29) is 11.2 Å². The van der Waals surface area contributed by atoms with Gasteiger partial charge in [-0.25, -0.2) is 13.6 Å². The van der Waals surface area contributed by atoms with Gasteiger partial charge in [-0.2, -0.15) is 0 Å². The van der Waals surface area contributed by atoms with Crippen molar-refractivity contribution in [2.75, 3.05) is 0 Å². The summed E-state index contributed by atoms with van der Waals surface area (Å²) in [5.41, 5.74) is 1.89. The molecule has 1 aromatic carbocycles. The lowest BCUT2D eigenvalue weighted by molar-refractivity contribution is -0.140. The highest BCUT2D eigenvalue weighted by molar-refractivity contribution is 5.94. The molecule has 0 spiro atoms. The molecule has 0 bridgehead atoms. The SMILES string of the molecule is CC(C)(C)c1ccc(-c2ccc(C(=O)NC(CC(F)F)C(=O)O)o2)cc1. The van der Waals surface area contributed by atoms with Crippen LogP contribution < -0.4 is 5.32 Å². The second-order valence-corrected chi connectivity index (χ2v) is 6.98. The third-order valence-electron chi connectivity index (χ3n) is 3.88. The molecule has 0 fully saturated rings. The van der Waals surface area contributed by atoms with Crippen molar-refractivity contribution in [3.63, 3.8) is 0 Å². The molecular weight excluding hydrogens is 344 g/mol. The molecule has 0 aliphatic heterocycles. The second-order valence-electron chi connectivity index (χ2n) is 6.98. The molecule has 7 heteroatoms. The first-order valence-corrected chi connectivity index (χ1v) is 8.10. The number of carboxylic acid groups (broad SMARTS) is 1. The first-order valence-electron chi connectivity index (χ1n) is 8.10. The van der Waals surface area contributed by atoms with Gasteiger partial charge < -0.3 is 14.8 Å². The van der Waals surface area contributed by atoms with E-state index in [1.807, 2.05) is 29.6 Å². The Morgan fingerprint density at radius 3 is 2.23 bits per heavy atom. The van der Waals surface area contributed by atoms with Crippen LogP contribution in [-0.2, 0) is 10.2 Å². The van der Waals surface area contributed by atoms with Crippen LogP contribution in [0.3, 0.4) is 0 Å². The van der Waals surface area contributed by atoms with E-state index >= 15 is 0 Å². The maximum absolute atomic E-state index is 12.4. The number of halogens is 2. The van der Waals surface area contributed by atoms with Crippen molar-refractivity contribution in [1.29, 1.82) is 0 Å². The van der Waals surface area contributed by atoms with Crippen LogP contribution in [0.4, 0.5) is 8.78 Å². The van der Waals surface area contributed by atoms with Gasteiger partial charge in [-0.3, -0.25) is 4.79 Å². The van der Waals surface area contributed by atoms with Crippen LogP contribution in [0.2, 0.25) is 0 Å². The molecule has 140 valence electrons. The summed E-state index contributed by atoms with van der Waals surface area (Å²) in [6.45, 7) is 6.28. The van der Waals surface area contributed by atoms with E-state index in [4.69, 9.17) is 9.52 Å². The van der Waals surface area contributed by atoms with E-state index in [1.54, 1.807) is 6.07 Å². The minimum Gasteiger partial charge on any atom is -0.480 e. The Balaban J connectivity index is 2.13. The van der Waals surface area contributed by atoms with Crippen LogP contribution in [0.5, 0.6) is 0 Å². The number of carbonyl (C=O) groups is 2. The molecule has 1 amide bonds. The highest BCUT2D eigenvalue weighted by Gasteiger charge is 2.26. The fraction of sp³-hybridized carbons (Fsp3) is 0.368. The Kier molecular flexibility index (Phi) is 5.79. The molecular formula is C19H21F2NO4. The fourth-order valence-electron chi connectivity index (χ4n) is 2.38. The first kappa shape index (κ1) is 19.6. The maximum Gasteiger partial charge on any atom is 0.326 e. The largest absolute Gasteiger partial charge is 0.480 e. The van der Waals surface area contributed by atoms with Crippen LogP contribution in [0.1, 0.15) is 43.3 Å². The number of carbonyl (C=O) groups excluding carboxylic acids is 1. The average Bonchev–Trinajstić information content (AvgIpc) is 3.03. The Hall–Kier alpha value is -2.70. The van der Waals surface area contributed by atoms with Gasteiger partial charge in [-0.05, 0) is 23.1 Å². The Morgan fingerprint density at radius 2 is 1.73 bits per heavy atom. The predicted octanol–water partition coefficient (Wildman–Crippen LogP) is 4.08. The van der Waals surface area contributed by atoms with Crippen molar-refractivity contribution >= 4 is 11.9 Å². The number of benzene rings is 1. The predicted molar refractivity (Wildman–Crippen MR) is 92.4 cm³/mol. The molecule has 0 aliphatic rings. The van der Waals surface area contributed by atoms with Gasteiger partial charge in [-0.15, -0.1) is 0 Å². The summed E-state index contributed by atoms with van der Waals surface area (Å²) >= 11 is 0. The van der Waals surface area contributed by atoms with Gasteiger partial charge in [0.25, 0.3) is 5.91 Å². The molecule has 0 aliphatic carbocycles. The second kappa shape index (κ2) is 7.68. The van der Waals surface area contributed by atoms with Crippen molar-refractivity contribution in [3.8, 4) is 11.3 Å². The number of amides is 1. The van der Waals surface area contributed by atoms with E-state index in [0.717, 1.165) is 11.1 Å². The zero-order valence-electron chi connectivity index (χ0n) is 14.8. The van der Waals surface area contributed by atoms with Crippen molar-refractivity contribution in [2.24, 2.45) is 0 Å². The van der Waals surface area contributed by atoms with Crippen molar-refractivity contribution in [3.05, 3.63) is 47.7 Å². The van der Waals surface area contributed by atoms with Crippen molar-refractivity contribution in [1.82, 2.24) is 5.32 Å². The molecule has 26 heavy (non-hydrogen) atoms. The molecule has 1 aromatic heterocycles. The number of nitrogens with one attached hydrogen (secondary N) is 1. The van der Waals surface area contributed by atoms with Gasteiger partial charge in [0.1, 0.15) is 11.8 Å². The summed E-state index contributed by atoms with van der Waals surface area (Å²) in [6, 6.07) is 8.91. The number of alkyl halides is 2. The topological polar surface area (TPSA) is 79.5 Å². The van der Waals surface area contributed by atoms with Gasteiger partial charge in [-0.1, -0.05) is 45.0 Å². The minimum absolute atomic E-state index is 0.00326. The first-order chi connectivity index (χ1) is 12.1. The van der Waals surface area contributed by atoms with E-state index in [9.17, 15) is 18.4 Å². The number of hydrogen-bond acceptors (Lipinski definition) is 3. The Labute approximate surface area is 150 Å². The third kappa shape index (κ3) is 4.91.